The molecule has 2 heterocycles. The maximum Gasteiger partial charge on any atom is 0.321 e. The van der Waals surface area contributed by atoms with Crippen LogP contribution in [0.2, 0.25) is 0 Å². The molecule has 0 fully saturated rings. The van der Waals surface area contributed by atoms with Crippen molar-refractivity contribution in [2.45, 2.75) is 19.9 Å². The molecular formula is C21H21N3O4. The largest absolute Gasteiger partial charge is 0.494 e. The smallest absolute Gasteiger partial charge is 0.321 e. The van der Waals surface area contributed by atoms with Gasteiger partial charge in [-0.3, -0.25) is 14.9 Å². The first-order valence-electron chi connectivity index (χ1n) is 9.31. The van der Waals surface area contributed by atoms with E-state index in [9.17, 15) is 9.59 Å². The molecule has 7 heteroatoms. The van der Waals surface area contributed by atoms with Gasteiger partial charge in [-0.2, -0.15) is 0 Å². The average molecular weight is 379 g/mol. The van der Waals surface area contributed by atoms with Crippen LogP contribution in [0.4, 0.5) is 5.95 Å². The quantitative estimate of drug-likeness (QED) is 0.544. The summed E-state index contributed by atoms with van der Waals surface area (Å²) in [7, 11) is 0. The van der Waals surface area contributed by atoms with Crippen LogP contribution in [-0.4, -0.2) is 34.6 Å². The van der Waals surface area contributed by atoms with Crippen molar-refractivity contribution in [1.29, 1.82) is 0 Å². The van der Waals surface area contributed by atoms with Crippen LogP contribution < -0.4 is 10.1 Å². The number of fused-ring (bicyclic) bond motifs is 3. The first kappa shape index (κ1) is 18.0. The number of carbonyl (C=O) groups is 2. The van der Waals surface area contributed by atoms with E-state index in [2.05, 4.69) is 10.3 Å². The Bertz CT molecular complexity index is 1040. The van der Waals surface area contributed by atoms with Gasteiger partial charge in [0.15, 0.2) is 5.92 Å². The number of hydrogen-bond acceptors (Lipinski definition) is 5. The third-order valence-corrected chi connectivity index (χ3v) is 4.76. The summed E-state index contributed by atoms with van der Waals surface area (Å²) < 4.78 is 12.7. The van der Waals surface area contributed by atoms with Gasteiger partial charge in [0.2, 0.25) is 11.9 Å². The van der Waals surface area contributed by atoms with E-state index in [0.29, 0.717) is 18.3 Å². The fourth-order valence-corrected chi connectivity index (χ4v) is 3.66. The maximum absolute atomic E-state index is 12.8. The highest BCUT2D eigenvalue weighted by Crippen LogP contribution is 2.39. The predicted octanol–water partition coefficient (Wildman–Crippen LogP) is 3.16. The van der Waals surface area contributed by atoms with Crippen LogP contribution >= 0.6 is 0 Å². The zero-order chi connectivity index (χ0) is 19.7. The predicted molar refractivity (Wildman–Crippen MR) is 104 cm³/mol. The van der Waals surface area contributed by atoms with Gasteiger partial charge in [-0.15, -0.1) is 0 Å². The minimum atomic E-state index is -1.03. The summed E-state index contributed by atoms with van der Waals surface area (Å²) in [6.07, 6.45) is 0. The van der Waals surface area contributed by atoms with Gasteiger partial charge < -0.3 is 14.0 Å². The number of nitrogens with one attached hydrogen (secondary N) is 1. The molecule has 0 saturated heterocycles. The van der Waals surface area contributed by atoms with E-state index < -0.39 is 23.8 Å². The highest BCUT2D eigenvalue weighted by Gasteiger charge is 2.44. The van der Waals surface area contributed by atoms with E-state index in [1.165, 1.54) is 0 Å². The molecular weight excluding hydrogens is 358 g/mol. The van der Waals surface area contributed by atoms with Crippen LogP contribution in [0.15, 0.2) is 48.5 Å². The molecule has 144 valence electrons. The van der Waals surface area contributed by atoms with Crippen molar-refractivity contribution in [3.05, 3.63) is 54.1 Å². The SMILES string of the molecule is CCOC(=O)C1C(=O)Nc2nc3ccccc3n2C1c1cccc(OCC)c1. The molecule has 2 unspecified atom stereocenters. The lowest BCUT2D eigenvalue weighted by molar-refractivity contribution is -0.152. The fraction of sp³-hybridized carbons (Fsp3) is 0.286. The summed E-state index contributed by atoms with van der Waals surface area (Å²) >= 11 is 0. The summed E-state index contributed by atoms with van der Waals surface area (Å²) in [5, 5.41) is 2.76. The number of carbonyl (C=O) groups excluding carboxylic acids is 2. The monoisotopic (exact) mass is 379 g/mol. The van der Waals surface area contributed by atoms with Crippen molar-refractivity contribution in [2.75, 3.05) is 18.5 Å². The molecule has 0 saturated carbocycles. The summed E-state index contributed by atoms with van der Waals surface area (Å²) in [6.45, 7) is 4.35. The molecule has 1 amide bonds. The zero-order valence-electron chi connectivity index (χ0n) is 15.7. The number of para-hydroxylation sites is 2. The normalized spacial score (nSPS) is 18.4. The summed E-state index contributed by atoms with van der Waals surface area (Å²) in [5.74, 6) is -0.914. The van der Waals surface area contributed by atoms with Gasteiger partial charge in [-0.1, -0.05) is 24.3 Å². The summed E-state index contributed by atoms with van der Waals surface area (Å²) in [6, 6.07) is 14.4. The van der Waals surface area contributed by atoms with Gasteiger partial charge in [-0.25, -0.2) is 4.98 Å². The lowest BCUT2D eigenvalue weighted by Crippen LogP contribution is -2.43. The number of benzene rings is 2. The second-order valence-electron chi connectivity index (χ2n) is 6.46. The van der Waals surface area contributed by atoms with Crippen molar-refractivity contribution in [3.63, 3.8) is 0 Å². The molecule has 0 spiro atoms. The molecule has 4 rings (SSSR count). The number of aromatic nitrogens is 2. The Morgan fingerprint density at radius 2 is 1.96 bits per heavy atom. The van der Waals surface area contributed by atoms with E-state index in [1.54, 1.807) is 6.92 Å². The van der Waals surface area contributed by atoms with Gasteiger partial charge in [0.25, 0.3) is 0 Å². The molecule has 0 bridgehead atoms. The summed E-state index contributed by atoms with van der Waals surface area (Å²) in [4.78, 5) is 30.1. The first-order chi connectivity index (χ1) is 13.6. The van der Waals surface area contributed by atoms with Crippen LogP contribution in [0.25, 0.3) is 11.0 Å². The molecule has 2 aromatic carbocycles. The molecule has 0 radical (unpaired) electrons. The second kappa shape index (κ2) is 7.34. The topological polar surface area (TPSA) is 82.5 Å². The van der Waals surface area contributed by atoms with Gasteiger partial charge >= 0.3 is 5.97 Å². The third-order valence-electron chi connectivity index (χ3n) is 4.76. The standard InChI is InChI=1S/C21H21N3O4/c1-3-27-14-9-7-8-13(12-14)18-17(20(26)28-4-2)19(25)23-21-22-15-10-5-6-11-16(15)24(18)21/h5-12,17-18H,3-4H2,1-2H3,(H,22,23,25). The average Bonchev–Trinajstić information content (AvgIpc) is 3.05. The third kappa shape index (κ3) is 2.98. The van der Waals surface area contributed by atoms with Crippen LogP contribution in [0.1, 0.15) is 25.5 Å². The molecule has 3 aromatic rings. The van der Waals surface area contributed by atoms with Crippen LogP contribution in [-0.2, 0) is 14.3 Å². The Balaban J connectivity index is 1.93. The van der Waals surface area contributed by atoms with Crippen LogP contribution in [0, 0.1) is 5.92 Å². The highest BCUT2D eigenvalue weighted by molar-refractivity contribution is 6.07. The molecule has 7 nitrogen and oxygen atoms in total. The number of esters is 1. The van der Waals surface area contributed by atoms with Crippen LogP contribution in [0.5, 0.6) is 5.75 Å². The van der Waals surface area contributed by atoms with Crippen LogP contribution in [0.3, 0.4) is 0 Å². The van der Waals surface area contributed by atoms with Crippen molar-refractivity contribution < 1.29 is 19.1 Å². The number of rotatable bonds is 5. The molecule has 1 N–H and O–H groups in total. The van der Waals surface area contributed by atoms with Crippen molar-refractivity contribution in [1.82, 2.24) is 9.55 Å². The van der Waals surface area contributed by atoms with E-state index in [1.807, 2.05) is 60.0 Å². The van der Waals surface area contributed by atoms with Gasteiger partial charge in [0.1, 0.15) is 5.75 Å². The zero-order valence-corrected chi connectivity index (χ0v) is 15.7. The maximum atomic E-state index is 12.8. The number of nitrogens with zero attached hydrogens (tertiary/aromatic N) is 2. The Labute approximate surface area is 162 Å². The Hall–Kier alpha value is -3.35. The van der Waals surface area contributed by atoms with E-state index in [4.69, 9.17) is 9.47 Å². The minimum absolute atomic E-state index is 0.200. The van der Waals surface area contributed by atoms with Crippen molar-refractivity contribution in [2.24, 2.45) is 5.92 Å². The van der Waals surface area contributed by atoms with E-state index >= 15 is 0 Å². The Morgan fingerprint density at radius 3 is 2.75 bits per heavy atom. The number of anilines is 1. The van der Waals surface area contributed by atoms with E-state index in [0.717, 1.165) is 16.6 Å². The molecule has 1 aliphatic rings. The number of ether oxygens (including phenoxy) is 2. The number of imidazole rings is 1. The molecule has 0 aliphatic carbocycles. The first-order valence-corrected chi connectivity index (χ1v) is 9.31. The molecule has 1 aliphatic heterocycles. The lowest BCUT2D eigenvalue weighted by atomic mass is 9.90. The summed E-state index contributed by atoms with van der Waals surface area (Å²) in [5.41, 5.74) is 2.36. The van der Waals surface area contributed by atoms with Crippen molar-refractivity contribution in [3.8, 4) is 5.75 Å². The Kier molecular flexibility index (Phi) is 4.73. The highest BCUT2D eigenvalue weighted by atomic mass is 16.5. The molecule has 28 heavy (non-hydrogen) atoms. The van der Waals surface area contributed by atoms with Gasteiger partial charge in [0.05, 0.1) is 30.3 Å². The molecule has 1 aromatic heterocycles. The van der Waals surface area contributed by atoms with Gasteiger partial charge in [-0.05, 0) is 43.7 Å². The lowest BCUT2D eigenvalue weighted by Gasteiger charge is -2.32. The van der Waals surface area contributed by atoms with Crippen molar-refractivity contribution >= 4 is 28.9 Å². The van der Waals surface area contributed by atoms with Gasteiger partial charge in [0, 0.05) is 0 Å². The fourth-order valence-electron chi connectivity index (χ4n) is 3.66. The number of hydrogen-bond donors (Lipinski definition) is 1. The van der Waals surface area contributed by atoms with E-state index in [-0.39, 0.29) is 6.61 Å². The second-order valence-corrected chi connectivity index (χ2v) is 6.46. The number of amides is 1. The Morgan fingerprint density at radius 1 is 1.14 bits per heavy atom. The molecule has 2 atom stereocenters. The minimum Gasteiger partial charge on any atom is -0.494 e.